The van der Waals surface area contributed by atoms with E-state index >= 15 is 0 Å². The first-order chi connectivity index (χ1) is 6.76. The van der Waals surface area contributed by atoms with Gasteiger partial charge in [-0.3, -0.25) is 0 Å². The zero-order chi connectivity index (χ0) is 10.1. The zero-order valence-electron chi connectivity index (χ0n) is 7.90. The first-order valence-corrected chi connectivity index (χ1v) is 6.14. The van der Waals surface area contributed by atoms with Crippen LogP contribution in [0.25, 0.3) is 10.1 Å². The summed E-state index contributed by atoms with van der Waals surface area (Å²) in [6.45, 7) is 0. The smallest absolute Gasteiger partial charge is 0.147 e. The molecule has 0 unspecified atom stereocenters. The number of rotatable bonds is 2. The third-order valence-electron chi connectivity index (χ3n) is 2.02. The molecule has 0 bridgehead atoms. The number of fused-ring (bicyclic) bond motifs is 1. The van der Waals surface area contributed by atoms with Gasteiger partial charge in [0.25, 0.3) is 0 Å². The standard InChI is InChI=1S/C10H10O2S2/c1-12-6-3-4-8-7(5-6)9(11)10(13-2)14-8/h3-5,11H,1-2H3. The number of aromatic hydroxyl groups is 1. The van der Waals surface area contributed by atoms with Crippen LogP contribution in [0.3, 0.4) is 0 Å². The maximum atomic E-state index is 9.84. The molecule has 0 saturated carbocycles. The summed E-state index contributed by atoms with van der Waals surface area (Å²) in [5, 5.41) is 10.7. The Kier molecular flexibility index (Phi) is 2.56. The molecule has 1 aromatic heterocycles. The monoisotopic (exact) mass is 226 g/mol. The molecule has 74 valence electrons. The molecule has 1 aromatic carbocycles. The van der Waals surface area contributed by atoms with Crippen molar-refractivity contribution < 1.29 is 9.84 Å². The average molecular weight is 226 g/mol. The maximum Gasteiger partial charge on any atom is 0.147 e. The quantitative estimate of drug-likeness (QED) is 0.796. The van der Waals surface area contributed by atoms with Crippen molar-refractivity contribution in [3.05, 3.63) is 18.2 Å². The van der Waals surface area contributed by atoms with Crippen LogP contribution < -0.4 is 4.74 Å². The molecule has 0 fully saturated rings. The van der Waals surface area contributed by atoms with Gasteiger partial charge in [-0.25, -0.2) is 0 Å². The fourth-order valence-electron chi connectivity index (χ4n) is 1.31. The highest BCUT2D eigenvalue weighted by molar-refractivity contribution is 8.00. The number of thiophene rings is 1. The van der Waals surface area contributed by atoms with E-state index in [1.165, 1.54) is 0 Å². The van der Waals surface area contributed by atoms with Crippen molar-refractivity contribution in [2.75, 3.05) is 13.4 Å². The SMILES string of the molecule is COc1ccc2sc(SC)c(O)c2c1. The van der Waals surface area contributed by atoms with Crippen LogP contribution in [0.15, 0.2) is 22.4 Å². The molecule has 0 atom stereocenters. The van der Waals surface area contributed by atoms with E-state index in [2.05, 4.69) is 0 Å². The van der Waals surface area contributed by atoms with E-state index in [9.17, 15) is 5.11 Å². The number of hydrogen-bond acceptors (Lipinski definition) is 4. The second kappa shape index (κ2) is 3.71. The Hall–Kier alpha value is -0.870. The highest BCUT2D eigenvalue weighted by atomic mass is 32.2. The van der Waals surface area contributed by atoms with Crippen LogP contribution >= 0.6 is 23.1 Å². The molecule has 2 nitrogen and oxygen atoms in total. The fraction of sp³-hybridized carbons (Fsp3) is 0.200. The number of thioether (sulfide) groups is 1. The van der Waals surface area contributed by atoms with Crippen molar-refractivity contribution in [2.24, 2.45) is 0 Å². The van der Waals surface area contributed by atoms with Gasteiger partial charge in [0.1, 0.15) is 15.7 Å². The molecule has 4 heteroatoms. The van der Waals surface area contributed by atoms with Crippen LogP contribution in [0.5, 0.6) is 11.5 Å². The maximum absolute atomic E-state index is 9.84. The Labute approximate surface area is 90.5 Å². The number of hydrogen-bond donors (Lipinski definition) is 1. The molecular weight excluding hydrogens is 216 g/mol. The fourth-order valence-corrected chi connectivity index (χ4v) is 3.02. The lowest BCUT2D eigenvalue weighted by Crippen LogP contribution is -1.80. The van der Waals surface area contributed by atoms with Crippen LogP contribution in [0, 0.1) is 0 Å². The summed E-state index contributed by atoms with van der Waals surface area (Å²) in [5.74, 6) is 1.15. The predicted octanol–water partition coefficient (Wildman–Crippen LogP) is 3.34. The van der Waals surface area contributed by atoms with Gasteiger partial charge in [-0.05, 0) is 24.5 Å². The van der Waals surface area contributed by atoms with Crippen molar-refractivity contribution in [1.82, 2.24) is 0 Å². The lowest BCUT2D eigenvalue weighted by molar-refractivity contribution is 0.415. The first kappa shape index (κ1) is 9.68. The summed E-state index contributed by atoms with van der Waals surface area (Å²) in [7, 11) is 1.63. The normalized spacial score (nSPS) is 10.7. The van der Waals surface area contributed by atoms with Crippen LogP contribution in [-0.2, 0) is 0 Å². The largest absolute Gasteiger partial charge is 0.505 e. The van der Waals surface area contributed by atoms with Crippen molar-refractivity contribution in [1.29, 1.82) is 0 Å². The number of ether oxygens (including phenoxy) is 1. The van der Waals surface area contributed by atoms with Crippen molar-refractivity contribution >= 4 is 33.2 Å². The molecule has 1 N–H and O–H groups in total. The molecule has 14 heavy (non-hydrogen) atoms. The number of benzene rings is 1. The zero-order valence-corrected chi connectivity index (χ0v) is 9.54. The Morgan fingerprint density at radius 1 is 1.43 bits per heavy atom. The van der Waals surface area contributed by atoms with Crippen LogP contribution in [0.4, 0.5) is 0 Å². The molecule has 0 aliphatic carbocycles. The Balaban J connectivity index is 2.68. The Morgan fingerprint density at radius 2 is 2.21 bits per heavy atom. The van der Waals surface area contributed by atoms with E-state index in [1.807, 2.05) is 24.5 Å². The second-order valence-corrected chi connectivity index (χ2v) is 4.93. The third kappa shape index (κ3) is 1.44. The van der Waals surface area contributed by atoms with Gasteiger partial charge >= 0.3 is 0 Å². The minimum atomic E-state index is 0.372. The van der Waals surface area contributed by atoms with Crippen LogP contribution in [-0.4, -0.2) is 18.5 Å². The third-order valence-corrected chi connectivity index (χ3v) is 4.29. The lowest BCUT2D eigenvalue weighted by Gasteiger charge is -1.98. The highest BCUT2D eigenvalue weighted by Crippen LogP contribution is 2.43. The van der Waals surface area contributed by atoms with Gasteiger partial charge in [-0.1, -0.05) is 0 Å². The minimum absolute atomic E-state index is 0.372. The minimum Gasteiger partial charge on any atom is -0.505 e. The molecule has 0 saturated heterocycles. The van der Waals surface area contributed by atoms with E-state index in [0.717, 1.165) is 20.0 Å². The van der Waals surface area contributed by atoms with Gasteiger partial charge in [0, 0.05) is 10.1 Å². The van der Waals surface area contributed by atoms with Crippen molar-refractivity contribution in [3.8, 4) is 11.5 Å². The van der Waals surface area contributed by atoms with Crippen molar-refractivity contribution in [3.63, 3.8) is 0 Å². The molecule has 0 spiro atoms. The summed E-state index contributed by atoms with van der Waals surface area (Å²) < 4.78 is 7.15. The van der Waals surface area contributed by atoms with Gasteiger partial charge in [0.15, 0.2) is 0 Å². The molecule has 1 heterocycles. The van der Waals surface area contributed by atoms with Crippen molar-refractivity contribution in [2.45, 2.75) is 4.21 Å². The van der Waals surface area contributed by atoms with Gasteiger partial charge in [-0.2, -0.15) is 0 Å². The van der Waals surface area contributed by atoms with Gasteiger partial charge < -0.3 is 9.84 Å². The second-order valence-electron chi connectivity index (χ2n) is 2.80. The van der Waals surface area contributed by atoms with Crippen LogP contribution in [0.2, 0.25) is 0 Å². The molecule has 0 radical (unpaired) electrons. The summed E-state index contributed by atoms with van der Waals surface area (Å²) in [6.07, 6.45) is 1.96. The molecule has 0 amide bonds. The number of methoxy groups -OCH3 is 1. The van der Waals surface area contributed by atoms with E-state index in [-0.39, 0.29) is 0 Å². The summed E-state index contributed by atoms with van der Waals surface area (Å²) >= 11 is 3.16. The van der Waals surface area contributed by atoms with Gasteiger partial charge in [-0.15, -0.1) is 23.1 Å². The predicted molar refractivity (Wildman–Crippen MR) is 61.8 cm³/mol. The van der Waals surface area contributed by atoms with E-state index in [1.54, 1.807) is 30.2 Å². The average Bonchev–Trinajstić information content (AvgIpc) is 2.55. The van der Waals surface area contributed by atoms with E-state index in [0.29, 0.717) is 5.75 Å². The lowest BCUT2D eigenvalue weighted by atomic mass is 10.2. The Bertz CT molecular complexity index is 462. The van der Waals surface area contributed by atoms with E-state index < -0.39 is 0 Å². The van der Waals surface area contributed by atoms with Gasteiger partial charge in [0.2, 0.25) is 0 Å². The summed E-state index contributed by atoms with van der Waals surface area (Å²) in [5.41, 5.74) is 0. The summed E-state index contributed by atoms with van der Waals surface area (Å²) in [6, 6.07) is 5.74. The highest BCUT2D eigenvalue weighted by Gasteiger charge is 2.10. The van der Waals surface area contributed by atoms with Gasteiger partial charge in [0.05, 0.1) is 7.11 Å². The molecule has 2 rings (SSSR count). The molecule has 0 aliphatic rings. The van der Waals surface area contributed by atoms with E-state index in [4.69, 9.17) is 4.74 Å². The first-order valence-electron chi connectivity index (χ1n) is 4.09. The Morgan fingerprint density at radius 3 is 2.86 bits per heavy atom. The van der Waals surface area contributed by atoms with Crippen LogP contribution in [0.1, 0.15) is 0 Å². The molecule has 2 aromatic rings. The summed E-state index contributed by atoms with van der Waals surface area (Å²) in [4.78, 5) is 0. The molecular formula is C10H10O2S2. The topological polar surface area (TPSA) is 29.5 Å². The molecule has 0 aliphatic heterocycles.